The quantitative estimate of drug-likeness (QED) is 0.795. The number of hydrogen-bond acceptors (Lipinski definition) is 2. The minimum atomic E-state index is -0.232. The van der Waals surface area contributed by atoms with E-state index in [1.807, 2.05) is 48.5 Å². The molecule has 0 radical (unpaired) electrons. The summed E-state index contributed by atoms with van der Waals surface area (Å²) in [6.45, 7) is 1.80. The van der Waals surface area contributed by atoms with Gasteiger partial charge in [0, 0.05) is 9.50 Å². The number of benzene rings is 2. The minimum absolute atomic E-state index is 0.232. The maximum Gasteiger partial charge on any atom is 0.0669 e. The number of rotatable bonds is 4. The topological polar surface area (TPSA) is 44.0 Å². The molecule has 2 rings (SSSR count). The van der Waals surface area contributed by atoms with Gasteiger partial charge in [0.25, 0.3) is 0 Å². The lowest BCUT2D eigenvalue weighted by Crippen LogP contribution is -2.01. The Morgan fingerprint density at radius 1 is 1.18 bits per heavy atom. The average Bonchev–Trinajstić information content (AvgIpc) is 2.49. The van der Waals surface area contributed by atoms with Crippen LogP contribution in [0.15, 0.2) is 53.0 Å². The van der Waals surface area contributed by atoms with Gasteiger partial charge in [-0.3, -0.25) is 0 Å². The molecule has 0 saturated carbocycles. The lowest BCUT2D eigenvalue weighted by molar-refractivity contribution is 0.185. The highest BCUT2D eigenvalue weighted by Gasteiger charge is 1.97. The van der Waals surface area contributed by atoms with Crippen LogP contribution in [0.5, 0.6) is 0 Å². The second-order valence-corrected chi connectivity index (χ2v) is 6.33. The van der Waals surface area contributed by atoms with Gasteiger partial charge in [-0.05, 0) is 55.2 Å². The Balaban J connectivity index is 0.000000224. The van der Waals surface area contributed by atoms with Crippen molar-refractivity contribution >= 4 is 27.5 Å². The highest BCUT2D eigenvalue weighted by atomic mass is 79.9. The van der Waals surface area contributed by atoms with E-state index in [0.717, 1.165) is 27.9 Å². The first-order valence-corrected chi connectivity index (χ1v) is 8.22. The molecule has 1 N–H and O–H groups in total. The van der Waals surface area contributed by atoms with Crippen molar-refractivity contribution in [3.05, 3.63) is 69.2 Å². The summed E-state index contributed by atoms with van der Waals surface area (Å²) in [5.41, 5.74) is 2.24. The van der Waals surface area contributed by atoms with E-state index in [9.17, 15) is 0 Å². The Morgan fingerprint density at radius 2 is 1.86 bits per heavy atom. The lowest BCUT2D eigenvalue weighted by Gasteiger charge is -2.03. The Morgan fingerprint density at radius 3 is 2.41 bits per heavy atom. The Kier molecular flexibility index (Phi) is 8.84. The van der Waals surface area contributed by atoms with Gasteiger partial charge < -0.3 is 5.11 Å². The third-order valence-electron chi connectivity index (χ3n) is 2.94. The molecule has 2 nitrogen and oxygen atoms in total. The van der Waals surface area contributed by atoms with Crippen LogP contribution in [-0.4, -0.2) is 11.2 Å². The molecular formula is C18H19BrClNO. The standard InChI is InChI=1S/C10H13ClO.C8H6BrN/c1-8(12)5-6-9-3-2-4-10(11)7-9;9-8-3-1-7(2-4-8)5-6-10/h2-4,7-8,12H,5-6H2,1H3;1-4H,5H2. The minimum Gasteiger partial charge on any atom is -0.393 e. The number of nitrogens with zero attached hydrogens (tertiary/aromatic N) is 1. The fraction of sp³-hybridized carbons (Fsp3) is 0.278. The predicted molar refractivity (Wildman–Crippen MR) is 94.9 cm³/mol. The van der Waals surface area contributed by atoms with Crippen molar-refractivity contribution < 1.29 is 5.11 Å². The molecule has 22 heavy (non-hydrogen) atoms. The molecule has 0 fully saturated rings. The smallest absolute Gasteiger partial charge is 0.0669 e. The van der Waals surface area contributed by atoms with E-state index in [2.05, 4.69) is 22.0 Å². The highest BCUT2D eigenvalue weighted by molar-refractivity contribution is 9.10. The molecule has 0 saturated heterocycles. The van der Waals surface area contributed by atoms with Crippen LogP contribution in [0.2, 0.25) is 5.02 Å². The van der Waals surface area contributed by atoms with Crippen molar-refractivity contribution in [2.45, 2.75) is 32.3 Å². The van der Waals surface area contributed by atoms with Crippen molar-refractivity contribution in [2.75, 3.05) is 0 Å². The van der Waals surface area contributed by atoms with Crippen molar-refractivity contribution in [3.8, 4) is 6.07 Å². The molecule has 0 heterocycles. The van der Waals surface area contributed by atoms with Gasteiger partial charge in [0.05, 0.1) is 18.6 Å². The van der Waals surface area contributed by atoms with Crippen molar-refractivity contribution in [3.63, 3.8) is 0 Å². The summed E-state index contributed by atoms with van der Waals surface area (Å²) >= 11 is 9.11. The summed E-state index contributed by atoms with van der Waals surface area (Å²) in [5, 5.41) is 18.1. The molecular weight excluding hydrogens is 362 g/mol. The van der Waals surface area contributed by atoms with E-state index in [1.165, 1.54) is 5.56 Å². The highest BCUT2D eigenvalue weighted by Crippen LogP contribution is 2.12. The summed E-state index contributed by atoms with van der Waals surface area (Å²) in [6.07, 6.45) is 1.94. The second-order valence-electron chi connectivity index (χ2n) is 4.98. The van der Waals surface area contributed by atoms with Gasteiger partial charge >= 0.3 is 0 Å². The second kappa shape index (κ2) is 10.4. The zero-order valence-corrected chi connectivity index (χ0v) is 14.8. The number of aliphatic hydroxyl groups is 1. The number of nitriles is 1. The van der Waals surface area contributed by atoms with Gasteiger partial charge in [0.1, 0.15) is 0 Å². The first-order valence-electron chi connectivity index (χ1n) is 7.05. The largest absolute Gasteiger partial charge is 0.393 e. The van der Waals surface area contributed by atoms with Gasteiger partial charge in [-0.15, -0.1) is 0 Å². The molecule has 116 valence electrons. The molecule has 0 aromatic heterocycles. The molecule has 0 amide bonds. The normalized spacial score (nSPS) is 11.0. The van der Waals surface area contributed by atoms with Crippen LogP contribution in [0.1, 0.15) is 24.5 Å². The molecule has 4 heteroatoms. The van der Waals surface area contributed by atoms with Crippen molar-refractivity contribution in [1.82, 2.24) is 0 Å². The summed E-state index contributed by atoms with van der Waals surface area (Å²) in [6, 6.07) is 17.6. The number of hydrogen-bond donors (Lipinski definition) is 1. The van der Waals surface area contributed by atoms with Crippen molar-refractivity contribution in [2.24, 2.45) is 0 Å². The number of halogens is 2. The first-order chi connectivity index (χ1) is 10.5. The third-order valence-corrected chi connectivity index (χ3v) is 3.70. The molecule has 2 aromatic rings. The van der Waals surface area contributed by atoms with E-state index in [-0.39, 0.29) is 6.10 Å². The summed E-state index contributed by atoms with van der Waals surface area (Å²) < 4.78 is 1.05. The number of aliphatic hydroxyl groups excluding tert-OH is 1. The van der Waals surface area contributed by atoms with E-state index in [0.29, 0.717) is 6.42 Å². The van der Waals surface area contributed by atoms with E-state index in [4.69, 9.17) is 22.0 Å². The summed E-state index contributed by atoms with van der Waals surface area (Å²) in [5.74, 6) is 0. The molecule has 0 aliphatic heterocycles. The Labute approximate surface area is 145 Å². The van der Waals surface area contributed by atoms with Crippen LogP contribution in [0, 0.1) is 11.3 Å². The Bertz CT molecular complexity index is 605. The van der Waals surface area contributed by atoms with Gasteiger partial charge in [0.2, 0.25) is 0 Å². The zero-order chi connectivity index (χ0) is 16.4. The van der Waals surface area contributed by atoms with Gasteiger partial charge in [0.15, 0.2) is 0 Å². The molecule has 2 aromatic carbocycles. The summed E-state index contributed by atoms with van der Waals surface area (Å²) in [7, 11) is 0. The fourth-order valence-electron chi connectivity index (χ4n) is 1.76. The third kappa shape index (κ3) is 8.19. The fourth-order valence-corrected chi connectivity index (χ4v) is 2.24. The van der Waals surface area contributed by atoms with E-state index < -0.39 is 0 Å². The first kappa shape index (κ1) is 18.7. The van der Waals surface area contributed by atoms with Crippen molar-refractivity contribution in [1.29, 1.82) is 5.26 Å². The average molecular weight is 381 g/mol. The summed E-state index contributed by atoms with van der Waals surface area (Å²) in [4.78, 5) is 0. The molecule has 1 atom stereocenters. The van der Waals surface area contributed by atoms with Crippen LogP contribution in [0.4, 0.5) is 0 Å². The maximum absolute atomic E-state index is 9.05. The zero-order valence-electron chi connectivity index (χ0n) is 12.5. The molecule has 0 spiro atoms. The SMILES string of the molecule is CC(O)CCc1cccc(Cl)c1.N#CCc1ccc(Br)cc1. The molecule has 0 bridgehead atoms. The Hall–Kier alpha value is -1.34. The van der Waals surface area contributed by atoms with Crippen LogP contribution in [0.25, 0.3) is 0 Å². The van der Waals surface area contributed by atoms with E-state index in [1.54, 1.807) is 6.92 Å². The van der Waals surface area contributed by atoms with E-state index >= 15 is 0 Å². The monoisotopic (exact) mass is 379 g/mol. The van der Waals surface area contributed by atoms with Crippen LogP contribution in [-0.2, 0) is 12.8 Å². The number of aryl methyl sites for hydroxylation is 1. The van der Waals surface area contributed by atoms with Crippen LogP contribution >= 0.6 is 27.5 Å². The predicted octanol–water partition coefficient (Wildman–Crippen LogP) is 5.17. The molecule has 0 aliphatic rings. The van der Waals surface area contributed by atoms with Gasteiger partial charge in [-0.1, -0.05) is 51.8 Å². The van der Waals surface area contributed by atoms with Crippen LogP contribution < -0.4 is 0 Å². The molecule has 1 unspecified atom stereocenters. The lowest BCUT2D eigenvalue weighted by atomic mass is 10.1. The maximum atomic E-state index is 9.05. The van der Waals surface area contributed by atoms with Crippen LogP contribution in [0.3, 0.4) is 0 Å². The van der Waals surface area contributed by atoms with Gasteiger partial charge in [-0.2, -0.15) is 5.26 Å². The van der Waals surface area contributed by atoms with Gasteiger partial charge in [-0.25, -0.2) is 0 Å². The molecule has 0 aliphatic carbocycles.